The molecule has 0 spiro atoms. The SMILES string of the molecule is CC(=O)NC(Cc1ccccc1F)C(=O)NC1CCN(C(=O)c2cccc(Cl)c2)CC1. The van der Waals surface area contributed by atoms with E-state index < -0.39 is 11.9 Å². The maximum absolute atomic E-state index is 14.0. The number of likely N-dealkylation sites (tertiary alicyclic amines) is 1. The van der Waals surface area contributed by atoms with E-state index in [-0.39, 0.29) is 30.2 Å². The van der Waals surface area contributed by atoms with E-state index in [1.165, 1.54) is 13.0 Å². The minimum absolute atomic E-state index is 0.0597. The Morgan fingerprint density at radius 2 is 1.84 bits per heavy atom. The minimum Gasteiger partial charge on any atom is -0.351 e. The highest BCUT2D eigenvalue weighted by Gasteiger charge is 2.28. The number of benzene rings is 2. The first-order chi connectivity index (χ1) is 14.8. The molecule has 0 aliphatic carbocycles. The molecule has 1 unspecified atom stereocenters. The van der Waals surface area contributed by atoms with Crippen LogP contribution in [-0.4, -0.2) is 47.8 Å². The fraction of sp³-hybridized carbons (Fsp3) is 0.348. The topological polar surface area (TPSA) is 78.5 Å². The number of hydrogen-bond donors (Lipinski definition) is 2. The number of carbonyl (C=O) groups excluding carboxylic acids is 3. The van der Waals surface area contributed by atoms with E-state index in [0.717, 1.165) is 0 Å². The molecule has 3 rings (SSSR count). The first-order valence-corrected chi connectivity index (χ1v) is 10.6. The van der Waals surface area contributed by atoms with Gasteiger partial charge in [-0.2, -0.15) is 0 Å². The van der Waals surface area contributed by atoms with Crippen LogP contribution in [0.15, 0.2) is 48.5 Å². The Bertz CT molecular complexity index is 961. The fourth-order valence-corrected chi connectivity index (χ4v) is 3.86. The first-order valence-electron chi connectivity index (χ1n) is 10.2. The molecule has 0 aromatic heterocycles. The van der Waals surface area contributed by atoms with Gasteiger partial charge in [0.2, 0.25) is 11.8 Å². The van der Waals surface area contributed by atoms with Crippen LogP contribution in [0.2, 0.25) is 5.02 Å². The Morgan fingerprint density at radius 1 is 1.13 bits per heavy atom. The monoisotopic (exact) mass is 445 g/mol. The third-order valence-electron chi connectivity index (χ3n) is 5.28. The smallest absolute Gasteiger partial charge is 0.253 e. The zero-order valence-corrected chi connectivity index (χ0v) is 18.0. The Balaban J connectivity index is 1.57. The van der Waals surface area contributed by atoms with Crippen molar-refractivity contribution in [2.75, 3.05) is 13.1 Å². The summed E-state index contributed by atoms with van der Waals surface area (Å²) in [6, 6.07) is 12.0. The number of rotatable bonds is 6. The quantitative estimate of drug-likeness (QED) is 0.717. The van der Waals surface area contributed by atoms with Crippen molar-refractivity contribution in [1.29, 1.82) is 0 Å². The van der Waals surface area contributed by atoms with E-state index in [2.05, 4.69) is 10.6 Å². The van der Waals surface area contributed by atoms with Gasteiger partial charge in [-0.25, -0.2) is 4.39 Å². The Hall–Kier alpha value is -2.93. The average Bonchev–Trinajstić information content (AvgIpc) is 2.74. The summed E-state index contributed by atoms with van der Waals surface area (Å²) >= 11 is 5.97. The molecule has 31 heavy (non-hydrogen) atoms. The van der Waals surface area contributed by atoms with Gasteiger partial charge >= 0.3 is 0 Å². The van der Waals surface area contributed by atoms with Gasteiger partial charge in [0.1, 0.15) is 11.9 Å². The maximum Gasteiger partial charge on any atom is 0.253 e. The summed E-state index contributed by atoms with van der Waals surface area (Å²) < 4.78 is 14.0. The van der Waals surface area contributed by atoms with E-state index in [1.807, 2.05) is 0 Å². The normalized spacial score (nSPS) is 15.3. The highest BCUT2D eigenvalue weighted by molar-refractivity contribution is 6.30. The van der Waals surface area contributed by atoms with Gasteiger partial charge in [-0.15, -0.1) is 0 Å². The van der Waals surface area contributed by atoms with Crippen molar-refractivity contribution < 1.29 is 18.8 Å². The van der Waals surface area contributed by atoms with Gasteiger partial charge in [0.05, 0.1) is 0 Å². The van der Waals surface area contributed by atoms with E-state index in [0.29, 0.717) is 42.1 Å². The molecule has 1 saturated heterocycles. The lowest BCUT2D eigenvalue weighted by Crippen LogP contribution is -2.53. The Kier molecular flexibility index (Phi) is 7.63. The van der Waals surface area contributed by atoms with Gasteiger partial charge in [0.15, 0.2) is 0 Å². The number of amides is 3. The van der Waals surface area contributed by atoms with Crippen LogP contribution in [0.25, 0.3) is 0 Å². The molecule has 6 nitrogen and oxygen atoms in total. The van der Waals surface area contributed by atoms with E-state index in [9.17, 15) is 18.8 Å². The van der Waals surface area contributed by atoms with Gasteiger partial charge in [0.25, 0.3) is 5.91 Å². The largest absolute Gasteiger partial charge is 0.351 e. The number of carbonyl (C=O) groups is 3. The van der Waals surface area contributed by atoms with E-state index in [4.69, 9.17) is 11.6 Å². The van der Waals surface area contributed by atoms with Crippen molar-refractivity contribution in [3.8, 4) is 0 Å². The molecular weight excluding hydrogens is 421 g/mol. The second-order valence-corrected chi connectivity index (χ2v) is 8.07. The summed E-state index contributed by atoms with van der Waals surface area (Å²) in [7, 11) is 0. The van der Waals surface area contributed by atoms with Crippen molar-refractivity contribution in [3.05, 3.63) is 70.5 Å². The van der Waals surface area contributed by atoms with E-state index >= 15 is 0 Å². The molecule has 2 N–H and O–H groups in total. The lowest BCUT2D eigenvalue weighted by molar-refractivity contribution is -0.128. The highest BCUT2D eigenvalue weighted by Crippen LogP contribution is 2.17. The first kappa shape index (κ1) is 22.7. The van der Waals surface area contributed by atoms with Crippen LogP contribution in [0.1, 0.15) is 35.7 Å². The van der Waals surface area contributed by atoms with Crippen molar-refractivity contribution in [3.63, 3.8) is 0 Å². The second-order valence-electron chi connectivity index (χ2n) is 7.63. The number of nitrogens with zero attached hydrogens (tertiary/aromatic N) is 1. The van der Waals surface area contributed by atoms with Gasteiger partial charge in [-0.3, -0.25) is 14.4 Å². The molecule has 0 radical (unpaired) electrons. The summed E-state index contributed by atoms with van der Waals surface area (Å²) in [5.41, 5.74) is 0.893. The standard InChI is InChI=1S/C23H25ClFN3O3/c1-15(29)26-21(14-16-5-2-3-8-20(16)25)22(30)27-19-9-11-28(12-10-19)23(31)17-6-4-7-18(24)13-17/h2-8,13,19,21H,9-12,14H2,1H3,(H,26,29)(H,27,30). The molecule has 0 bridgehead atoms. The molecule has 8 heteroatoms. The second kappa shape index (κ2) is 10.4. The lowest BCUT2D eigenvalue weighted by atomic mass is 10.0. The third-order valence-corrected chi connectivity index (χ3v) is 5.51. The van der Waals surface area contributed by atoms with Crippen LogP contribution in [-0.2, 0) is 16.0 Å². The molecule has 164 valence electrons. The van der Waals surface area contributed by atoms with Gasteiger partial charge in [-0.05, 0) is 42.7 Å². The molecule has 1 aliphatic heterocycles. The van der Waals surface area contributed by atoms with Gasteiger partial charge in [0, 0.05) is 43.1 Å². The number of halogens is 2. The molecule has 1 fully saturated rings. The van der Waals surface area contributed by atoms with E-state index in [1.54, 1.807) is 47.4 Å². The van der Waals surface area contributed by atoms with Crippen LogP contribution in [0.4, 0.5) is 4.39 Å². The summed E-state index contributed by atoms with van der Waals surface area (Å²) in [6.07, 6.45) is 1.24. The van der Waals surface area contributed by atoms with Crippen molar-refractivity contribution in [1.82, 2.24) is 15.5 Å². The molecule has 2 aromatic carbocycles. The molecule has 2 aromatic rings. The van der Waals surface area contributed by atoms with Crippen LogP contribution in [0, 0.1) is 5.82 Å². The molecule has 0 saturated carbocycles. The lowest BCUT2D eigenvalue weighted by Gasteiger charge is -2.33. The fourth-order valence-electron chi connectivity index (χ4n) is 3.67. The average molecular weight is 446 g/mol. The molecule has 1 atom stereocenters. The van der Waals surface area contributed by atoms with Crippen molar-refractivity contribution >= 4 is 29.3 Å². The molecule has 1 heterocycles. The van der Waals surface area contributed by atoms with Gasteiger partial charge < -0.3 is 15.5 Å². The summed E-state index contributed by atoms with van der Waals surface area (Å²) in [5.74, 6) is -1.24. The van der Waals surface area contributed by atoms with Crippen LogP contribution in [0.3, 0.4) is 0 Å². The Morgan fingerprint density at radius 3 is 2.48 bits per heavy atom. The van der Waals surface area contributed by atoms with Crippen molar-refractivity contribution in [2.24, 2.45) is 0 Å². The minimum atomic E-state index is -0.875. The maximum atomic E-state index is 14.0. The van der Waals surface area contributed by atoms with Crippen molar-refractivity contribution in [2.45, 2.75) is 38.3 Å². The highest BCUT2D eigenvalue weighted by atomic mass is 35.5. The summed E-state index contributed by atoms with van der Waals surface area (Å²) in [5, 5.41) is 6.05. The third kappa shape index (κ3) is 6.28. The Labute approximate surface area is 185 Å². The summed E-state index contributed by atoms with van der Waals surface area (Å²) in [6.45, 7) is 2.31. The molecule has 3 amide bonds. The molecule has 1 aliphatic rings. The predicted octanol–water partition coefficient (Wildman–Crippen LogP) is 2.95. The number of nitrogens with one attached hydrogen (secondary N) is 2. The van der Waals surface area contributed by atoms with Crippen LogP contribution < -0.4 is 10.6 Å². The van der Waals surface area contributed by atoms with Gasteiger partial charge in [-0.1, -0.05) is 35.9 Å². The zero-order chi connectivity index (χ0) is 22.4. The van der Waals surface area contributed by atoms with Crippen LogP contribution >= 0.6 is 11.6 Å². The van der Waals surface area contributed by atoms with Crippen LogP contribution in [0.5, 0.6) is 0 Å². The molecular formula is C23H25ClFN3O3. The predicted molar refractivity (Wildman–Crippen MR) is 116 cm³/mol. The zero-order valence-electron chi connectivity index (χ0n) is 17.2. The number of hydrogen-bond acceptors (Lipinski definition) is 3. The number of piperidine rings is 1. The summed E-state index contributed by atoms with van der Waals surface area (Å²) in [4.78, 5) is 38.7.